The van der Waals surface area contributed by atoms with Crippen LogP contribution in [0.5, 0.6) is 0 Å². The number of halogens is 1. The lowest BCUT2D eigenvalue weighted by molar-refractivity contribution is 0.00189. The van der Waals surface area contributed by atoms with Gasteiger partial charge in [-0.2, -0.15) is 0 Å². The second kappa shape index (κ2) is 14.1. The third kappa shape index (κ3) is 8.70. The van der Waals surface area contributed by atoms with Crippen LogP contribution >= 0.6 is 11.6 Å². The number of aromatic amines is 1. The van der Waals surface area contributed by atoms with Gasteiger partial charge in [-0.1, -0.05) is 67.2 Å². The molecule has 0 spiro atoms. The van der Waals surface area contributed by atoms with E-state index >= 15 is 0 Å². The average molecular weight is 442 g/mol. The lowest BCUT2D eigenvalue weighted by atomic mass is 10.1. The van der Waals surface area contributed by atoms with Crippen molar-refractivity contribution in [2.45, 2.75) is 19.3 Å². The average Bonchev–Trinajstić information content (AvgIpc) is 3.30. The summed E-state index contributed by atoms with van der Waals surface area (Å²) in [6, 6.07) is 12.6. The van der Waals surface area contributed by atoms with E-state index in [4.69, 9.17) is 11.6 Å². The number of hydrogen-bond acceptors (Lipinski definition) is 5. The second-order valence-corrected chi connectivity index (χ2v) is 6.73. The minimum absolute atomic E-state index is 0.449. The fourth-order valence-electron chi connectivity index (χ4n) is 2.44. The molecule has 3 rings (SSSR count). The molecule has 2 unspecified atom stereocenters. The van der Waals surface area contributed by atoms with Crippen LogP contribution in [0, 0.1) is 6.92 Å². The molecule has 0 radical (unpaired) electrons. The number of aliphatic hydroxyl groups is 2. The van der Waals surface area contributed by atoms with Crippen molar-refractivity contribution in [2.75, 3.05) is 7.05 Å². The fourth-order valence-corrected chi connectivity index (χ4v) is 2.59. The van der Waals surface area contributed by atoms with Crippen LogP contribution in [0.1, 0.15) is 27.7 Å². The first kappa shape index (κ1) is 26.0. The maximum Gasteiger partial charge on any atom is 0.166 e. The normalized spacial score (nSPS) is 11.6. The van der Waals surface area contributed by atoms with Gasteiger partial charge in [0.05, 0.1) is 5.69 Å². The number of pyridine rings is 1. The molecule has 0 fully saturated rings. The van der Waals surface area contributed by atoms with Crippen molar-refractivity contribution in [3.8, 4) is 11.1 Å². The Bertz CT molecular complexity index is 952. The van der Waals surface area contributed by atoms with Gasteiger partial charge in [-0.05, 0) is 42.8 Å². The maximum absolute atomic E-state index is 10.5. The number of hydrogen-bond donors (Lipinski definition) is 4. The molecular formula is C24H28ClN3O3. The van der Waals surface area contributed by atoms with Crippen molar-refractivity contribution < 1.29 is 15.0 Å². The Labute approximate surface area is 187 Å². The Hall–Kier alpha value is -3.03. The Morgan fingerprint density at radius 3 is 2.32 bits per heavy atom. The van der Waals surface area contributed by atoms with Crippen molar-refractivity contribution in [2.24, 2.45) is 0 Å². The highest BCUT2D eigenvalue weighted by Gasteiger charge is 2.14. The number of aromatic nitrogens is 2. The summed E-state index contributed by atoms with van der Waals surface area (Å²) >= 11 is 5.82. The summed E-state index contributed by atoms with van der Waals surface area (Å²) in [5.41, 5.74) is 4.21. The summed E-state index contributed by atoms with van der Waals surface area (Å²) in [6.45, 7) is 8.67. The minimum Gasteiger partial charge on any atom is -0.384 e. The van der Waals surface area contributed by atoms with Crippen molar-refractivity contribution in [1.82, 2.24) is 15.3 Å². The molecule has 1 aromatic carbocycles. The summed E-state index contributed by atoms with van der Waals surface area (Å²) < 4.78 is 0. The zero-order chi connectivity index (χ0) is 23.2. The zero-order valence-electron chi connectivity index (χ0n) is 17.6. The van der Waals surface area contributed by atoms with Crippen LogP contribution in [0.2, 0.25) is 5.15 Å². The highest BCUT2D eigenvalue weighted by molar-refractivity contribution is 6.29. The summed E-state index contributed by atoms with van der Waals surface area (Å²) in [7, 11) is 1.59. The highest BCUT2D eigenvalue weighted by atomic mass is 35.5. The topological polar surface area (TPSA) is 98.2 Å². The highest BCUT2D eigenvalue weighted by Crippen LogP contribution is 2.25. The van der Waals surface area contributed by atoms with Crippen LogP contribution in [0.15, 0.2) is 80.2 Å². The van der Waals surface area contributed by atoms with Crippen molar-refractivity contribution >= 4 is 17.9 Å². The molecule has 2 aromatic heterocycles. The molecule has 0 saturated carbocycles. The van der Waals surface area contributed by atoms with Crippen LogP contribution in [0.25, 0.3) is 11.1 Å². The molecule has 7 heteroatoms. The molecular weight excluding hydrogens is 414 g/mol. The number of H-pyrrole nitrogens is 1. The van der Waals surface area contributed by atoms with E-state index in [-0.39, 0.29) is 0 Å². The van der Waals surface area contributed by atoms with E-state index in [0.717, 1.165) is 23.0 Å². The number of aliphatic hydroxyl groups excluding tert-OH is 2. The molecule has 0 aliphatic heterocycles. The molecule has 31 heavy (non-hydrogen) atoms. The lowest BCUT2D eigenvalue weighted by Gasteiger charge is -2.16. The number of aryl methyl sites for hydroxylation is 1. The Morgan fingerprint density at radius 2 is 1.81 bits per heavy atom. The first-order valence-electron chi connectivity index (χ1n) is 9.45. The summed E-state index contributed by atoms with van der Waals surface area (Å²) in [5.74, 6) is 0. The lowest BCUT2D eigenvalue weighted by Crippen LogP contribution is -2.31. The first-order valence-corrected chi connectivity index (χ1v) is 9.83. The van der Waals surface area contributed by atoms with E-state index < -0.39 is 12.3 Å². The van der Waals surface area contributed by atoms with E-state index in [2.05, 4.69) is 28.4 Å². The third-order valence-electron chi connectivity index (χ3n) is 4.12. The molecule has 3 aromatic rings. The Morgan fingerprint density at radius 1 is 1.16 bits per heavy atom. The predicted molar refractivity (Wildman–Crippen MR) is 126 cm³/mol. The van der Waals surface area contributed by atoms with Gasteiger partial charge >= 0.3 is 0 Å². The smallest absolute Gasteiger partial charge is 0.166 e. The molecule has 164 valence electrons. The Kier molecular flexibility index (Phi) is 11.8. The van der Waals surface area contributed by atoms with Crippen LogP contribution in [0.3, 0.4) is 0 Å². The number of carbonyl (C=O) groups is 1. The van der Waals surface area contributed by atoms with E-state index in [9.17, 15) is 15.0 Å². The molecule has 4 N–H and O–H groups in total. The van der Waals surface area contributed by atoms with Gasteiger partial charge in [0.2, 0.25) is 0 Å². The van der Waals surface area contributed by atoms with Crippen LogP contribution < -0.4 is 5.32 Å². The molecule has 0 amide bonds. The number of allylic oxidation sites excluding steroid dienone is 2. The van der Waals surface area contributed by atoms with E-state index in [1.165, 1.54) is 0 Å². The number of benzene rings is 1. The number of carbonyl (C=O) groups excluding carboxylic acids is 1. The van der Waals surface area contributed by atoms with Crippen LogP contribution in [0.4, 0.5) is 0 Å². The molecule has 0 aliphatic carbocycles. The van der Waals surface area contributed by atoms with Gasteiger partial charge in [-0.3, -0.25) is 10.1 Å². The fraction of sp³-hybridized carbons (Fsp3) is 0.167. The van der Waals surface area contributed by atoms with E-state index in [0.29, 0.717) is 16.4 Å². The van der Waals surface area contributed by atoms with Gasteiger partial charge in [0.15, 0.2) is 6.29 Å². The number of nitrogens with zero attached hydrogens (tertiary/aromatic N) is 1. The standard InChI is InChI=1S/C11H9ClN2O.C9H13NO2.C4H6/c1-7-4-14-11(12)3-10(7)8-2-9(6-15)13-5-8;1-10-9(12)8(11)7-5-3-2-4-6-7;1-3-4-2/h2-6,13H,1H3;2-6,8-12H,1H3;3-4H,1-2H2. The molecule has 6 nitrogen and oxygen atoms in total. The molecule has 2 heterocycles. The number of rotatable bonds is 6. The summed E-state index contributed by atoms with van der Waals surface area (Å²) in [5, 5.41) is 21.7. The third-order valence-corrected chi connectivity index (χ3v) is 4.32. The predicted octanol–water partition coefficient (Wildman–Crippen LogP) is 4.47. The van der Waals surface area contributed by atoms with Crippen molar-refractivity contribution in [1.29, 1.82) is 0 Å². The quantitative estimate of drug-likeness (QED) is 0.196. The second-order valence-electron chi connectivity index (χ2n) is 6.34. The minimum atomic E-state index is -0.910. The van der Waals surface area contributed by atoms with Gasteiger partial charge in [-0.15, -0.1) is 0 Å². The van der Waals surface area contributed by atoms with Gasteiger partial charge in [-0.25, -0.2) is 4.98 Å². The number of likely N-dealkylation sites (N-methyl/N-ethyl adjacent to an activating group) is 1. The van der Waals surface area contributed by atoms with Crippen molar-refractivity contribution in [3.05, 3.63) is 102 Å². The SMILES string of the molecule is C=CC=C.CNC(O)C(O)c1ccccc1.Cc1cnc(Cl)cc1-c1c[nH]c(C=O)c1. The first-order chi connectivity index (χ1) is 14.9. The summed E-state index contributed by atoms with van der Waals surface area (Å²) in [6.07, 6.45) is 5.78. The number of nitrogens with one attached hydrogen (secondary N) is 2. The summed E-state index contributed by atoms with van der Waals surface area (Å²) in [4.78, 5) is 17.4. The number of aldehydes is 1. The largest absolute Gasteiger partial charge is 0.384 e. The van der Waals surface area contributed by atoms with Gasteiger partial charge in [0.25, 0.3) is 0 Å². The van der Waals surface area contributed by atoms with E-state index in [1.807, 2.05) is 25.1 Å². The van der Waals surface area contributed by atoms with Crippen LogP contribution in [-0.4, -0.2) is 39.7 Å². The molecule has 0 bridgehead atoms. The Balaban J connectivity index is 0.000000270. The molecule has 0 saturated heterocycles. The molecule has 0 aliphatic rings. The van der Waals surface area contributed by atoms with Gasteiger partial charge in [0.1, 0.15) is 17.5 Å². The van der Waals surface area contributed by atoms with Gasteiger partial charge < -0.3 is 15.2 Å². The van der Waals surface area contributed by atoms with Crippen LogP contribution in [-0.2, 0) is 0 Å². The van der Waals surface area contributed by atoms with E-state index in [1.54, 1.807) is 55.9 Å². The van der Waals surface area contributed by atoms with Gasteiger partial charge in [0, 0.05) is 18.0 Å². The zero-order valence-corrected chi connectivity index (χ0v) is 18.4. The molecule has 2 atom stereocenters. The maximum atomic E-state index is 10.5. The monoisotopic (exact) mass is 441 g/mol. The van der Waals surface area contributed by atoms with Crippen molar-refractivity contribution in [3.63, 3.8) is 0 Å².